The minimum absolute atomic E-state index is 0.904. The van der Waals surface area contributed by atoms with Crippen molar-refractivity contribution in [3.63, 3.8) is 0 Å². The third kappa shape index (κ3) is 3.31. The molecule has 0 atom stereocenters. The first-order valence-electron chi connectivity index (χ1n) is 6.06. The number of hydrogen-bond donors (Lipinski definition) is 1. The molecule has 2 rings (SSSR count). The number of rotatable bonds is 6. The number of anilines is 1. The molecule has 0 saturated heterocycles. The van der Waals surface area contributed by atoms with Crippen LogP contribution in [0.4, 0.5) is 5.82 Å². The van der Waals surface area contributed by atoms with Gasteiger partial charge >= 0.3 is 0 Å². The van der Waals surface area contributed by atoms with E-state index in [1.54, 1.807) is 6.20 Å². The SMILES string of the molecule is CCCn1nncc1NCCc1ccccc1. The fourth-order valence-corrected chi connectivity index (χ4v) is 1.75. The fourth-order valence-electron chi connectivity index (χ4n) is 1.75. The summed E-state index contributed by atoms with van der Waals surface area (Å²) in [6, 6.07) is 10.5. The van der Waals surface area contributed by atoms with Crippen molar-refractivity contribution in [2.75, 3.05) is 11.9 Å². The largest absolute Gasteiger partial charge is 0.369 e. The quantitative estimate of drug-likeness (QED) is 0.828. The first-order chi connectivity index (χ1) is 8.40. The molecule has 0 spiro atoms. The molecule has 0 bridgehead atoms. The molecule has 4 heteroatoms. The fraction of sp³-hybridized carbons (Fsp3) is 0.385. The van der Waals surface area contributed by atoms with Gasteiger partial charge in [-0.2, -0.15) is 0 Å². The highest BCUT2D eigenvalue weighted by Crippen LogP contribution is 2.05. The lowest BCUT2D eigenvalue weighted by atomic mass is 10.1. The maximum absolute atomic E-state index is 4.04. The molecule has 4 nitrogen and oxygen atoms in total. The molecular formula is C13H18N4. The summed E-state index contributed by atoms with van der Waals surface area (Å²) >= 11 is 0. The molecule has 2 aromatic rings. The Kier molecular flexibility index (Phi) is 4.13. The molecule has 0 aliphatic heterocycles. The maximum Gasteiger partial charge on any atom is 0.144 e. The van der Waals surface area contributed by atoms with Crippen molar-refractivity contribution >= 4 is 5.82 Å². The number of aryl methyl sites for hydroxylation is 1. The third-order valence-corrected chi connectivity index (χ3v) is 2.62. The first kappa shape index (κ1) is 11.6. The van der Waals surface area contributed by atoms with Crippen LogP contribution < -0.4 is 5.32 Å². The van der Waals surface area contributed by atoms with Gasteiger partial charge in [0.2, 0.25) is 0 Å². The minimum atomic E-state index is 0.904. The summed E-state index contributed by atoms with van der Waals surface area (Å²) in [5.74, 6) is 1.00. The Morgan fingerprint density at radius 3 is 2.82 bits per heavy atom. The zero-order valence-corrected chi connectivity index (χ0v) is 10.1. The van der Waals surface area contributed by atoms with Crippen LogP contribution >= 0.6 is 0 Å². The van der Waals surface area contributed by atoms with Crippen molar-refractivity contribution in [3.05, 3.63) is 42.1 Å². The van der Waals surface area contributed by atoms with Crippen LogP contribution in [0.15, 0.2) is 36.5 Å². The molecule has 17 heavy (non-hydrogen) atoms. The molecule has 0 aliphatic carbocycles. The Morgan fingerprint density at radius 2 is 2.06 bits per heavy atom. The number of nitrogens with zero attached hydrogens (tertiary/aromatic N) is 3. The van der Waals surface area contributed by atoms with Crippen LogP contribution in [0, 0.1) is 0 Å². The summed E-state index contributed by atoms with van der Waals surface area (Å²) in [4.78, 5) is 0. The Labute approximate surface area is 102 Å². The first-order valence-corrected chi connectivity index (χ1v) is 6.06. The van der Waals surface area contributed by atoms with E-state index in [0.717, 1.165) is 31.7 Å². The topological polar surface area (TPSA) is 42.7 Å². The van der Waals surface area contributed by atoms with Crippen LogP contribution in [0.5, 0.6) is 0 Å². The van der Waals surface area contributed by atoms with Crippen LogP contribution in [-0.2, 0) is 13.0 Å². The van der Waals surface area contributed by atoms with Crippen LogP contribution in [0.2, 0.25) is 0 Å². The summed E-state index contributed by atoms with van der Waals surface area (Å²) in [5.41, 5.74) is 1.34. The third-order valence-electron chi connectivity index (χ3n) is 2.62. The van der Waals surface area contributed by atoms with Gasteiger partial charge in [0.05, 0.1) is 6.20 Å². The van der Waals surface area contributed by atoms with E-state index in [-0.39, 0.29) is 0 Å². The monoisotopic (exact) mass is 230 g/mol. The second-order valence-electron chi connectivity index (χ2n) is 4.00. The summed E-state index contributed by atoms with van der Waals surface area (Å²) in [5, 5.41) is 11.3. The number of hydrogen-bond acceptors (Lipinski definition) is 3. The van der Waals surface area contributed by atoms with Crippen molar-refractivity contribution in [1.29, 1.82) is 0 Å². The lowest BCUT2D eigenvalue weighted by Crippen LogP contribution is -2.10. The van der Waals surface area contributed by atoms with Gasteiger partial charge in [-0.15, -0.1) is 5.10 Å². The van der Waals surface area contributed by atoms with Crippen LogP contribution in [0.25, 0.3) is 0 Å². The number of benzene rings is 1. The standard InChI is InChI=1S/C13H18N4/c1-2-10-17-13(11-15-16-17)14-9-8-12-6-4-3-5-7-12/h3-7,11,14H,2,8-10H2,1H3. The average Bonchev–Trinajstić information content (AvgIpc) is 2.79. The van der Waals surface area contributed by atoms with Crippen LogP contribution in [-0.4, -0.2) is 21.5 Å². The van der Waals surface area contributed by atoms with Crippen molar-refractivity contribution in [2.45, 2.75) is 26.3 Å². The zero-order valence-electron chi connectivity index (χ0n) is 10.1. The molecule has 90 valence electrons. The summed E-state index contributed by atoms with van der Waals surface area (Å²) in [6.07, 6.45) is 3.86. The van der Waals surface area contributed by atoms with Crippen LogP contribution in [0.3, 0.4) is 0 Å². The molecule has 0 aliphatic rings. The highest BCUT2D eigenvalue weighted by Gasteiger charge is 2.01. The number of aromatic nitrogens is 3. The molecule has 0 amide bonds. The van der Waals surface area contributed by atoms with Crippen molar-refractivity contribution in [2.24, 2.45) is 0 Å². The lowest BCUT2D eigenvalue weighted by molar-refractivity contribution is 0.583. The van der Waals surface area contributed by atoms with Gasteiger partial charge in [-0.25, -0.2) is 4.68 Å². The van der Waals surface area contributed by atoms with Crippen molar-refractivity contribution in [1.82, 2.24) is 15.0 Å². The van der Waals surface area contributed by atoms with E-state index in [1.165, 1.54) is 5.56 Å². The van der Waals surface area contributed by atoms with Crippen molar-refractivity contribution < 1.29 is 0 Å². The molecule has 1 aromatic carbocycles. The Hall–Kier alpha value is -1.84. The molecule has 0 unspecified atom stereocenters. The van der Waals surface area contributed by atoms with E-state index in [9.17, 15) is 0 Å². The van der Waals surface area contributed by atoms with Gasteiger partial charge in [-0.05, 0) is 18.4 Å². The van der Waals surface area contributed by atoms with Gasteiger partial charge in [0.15, 0.2) is 0 Å². The summed E-state index contributed by atoms with van der Waals surface area (Å²) in [7, 11) is 0. The smallest absolute Gasteiger partial charge is 0.144 e. The molecule has 0 saturated carbocycles. The van der Waals surface area contributed by atoms with Gasteiger partial charge in [0.25, 0.3) is 0 Å². The summed E-state index contributed by atoms with van der Waals surface area (Å²) < 4.78 is 1.91. The van der Waals surface area contributed by atoms with Crippen molar-refractivity contribution in [3.8, 4) is 0 Å². The second-order valence-corrected chi connectivity index (χ2v) is 4.00. The highest BCUT2D eigenvalue weighted by molar-refractivity contribution is 5.31. The van der Waals surface area contributed by atoms with Gasteiger partial charge in [0, 0.05) is 13.1 Å². The van der Waals surface area contributed by atoms with E-state index in [4.69, 9.17) is 0 Å². The Bertz CT molecular complexity index is 436. The van der Waals surface area contributed by atoms with E-state index < -0.39 is 0 Å². The molecular weight excluding hydrogens is 212 g/mol. The van der Waals surface area contributed by atoms with Gasteiger partial charge in [-0.1, -0.05) is 42.5 Å². The minimum Gasteiger partial charge on any atom is -0.369 e. The number of nitrogens with one attached hydrogen (secondary N) is 1. The molecule has 1 N–H and O–H groups in total. The van der Waals surface area contributed by atoms with Gasteiger partial charge < -0.3 is 5.32 Å². The van der Waals surface area contributed by atoms with E-state index >= 15 is 0 Å². The normalized spacial score (nSPS) is 10.4. The average molecular weight is 230 g/mol. The highest BCUT2D eigenvalue weighted by atomic mass is 15.4. The molecule has 0 radical (unpaired) electrons. The molecule has 1 aromatic heterocycles. The predicted molar refractivity (Wildman–Crippen MR) is 68.9 cm³/mol. The van der Waals surface area contributed by atoms with E-state index in [2.05, 4.69) is 46.8 Å². The van der Waals surface area contributed by atoms with Crippen LogP contribution in [0.1, 0.15) is 18.9 Å². The predicted octanol–water partition coefficient (Wildman–Crippen LogP) is 2.34. The second kappa shape index (κ2) is 6.03. The summed E-state index contributed by atoms with van der Waals surface area (Å²) in [6.45, 7) is 3.95. The maximum atomic E-state index is 4.04. The van der Waals surface area contributed by atoms with Gasteiger partial charge in [-0.3, -0.25) is 0 Å². The molecule has 0 fully saturated rings. The zero-order chi connectivity index (χ0) is 11.9. The van der Waals surface area contributed by atoms with E-state index in [1.807, 2.05) is 10.7 Å². The van der Waals surface area contributed by atoms with Gasteiger partial charge in [0.1, 0.15) is 5.82 Å². The lowest BCUT2D eigenvalue weighted by Gasteiger charge is -2.07. The Balaban J connectivity index is 1.84. The molecule has 1 heterocycles. The van der Waals surface area contributed by atoms with E-state index in [0.29, 0.717) is 0 Å². The Morgan fingerprint density at radius 1 is 1.24 bits per heavy atom.